The number of halogens is 1. The highest BCUT2D eigenvalue weighted by Crippen LogP contribution is 2.23. The minimum Gasteiger partial charge on any atom is -0.396 e. The Labute approximate surface area is 106 Å². The molecule has 1 aromatic carbocycles. The molecular weight excluding hydrogens is 266 g/mol. The summed E-state index contributed by atoms with van der Waals surface area (Å²) in [7, 11) is 0. The quantitative estimate of drug-likeness (QED) is 0.871. The predicted octanol–water partition coefficient (Wildman–Crippen LogP) is 3.12. The maximum atomic E-state index is 9.18. The molecule has 0 heterocycles. The van der Waals surface area contributed by atoms with Crippen molar-refractivity contribution in [2.45, 2.75) is 26.8 Å². The van der Waals surface area contributed by atoms with Crippen LogP contribution < -0.4 is 5.32 Å². The third-order valence-corrected chi connectivity index (χ3v) is 3.41. The lowest BCUT2D eigenvalue weighted by Gasteiger charge is -2.25. The Bertz CT molecular complexity index is 338. The van der Waals surface area contributed by atoms with Crippen LogP contribution in [0.2, 0.25) is 0 Å². The first kappa shape index (κ1) is 13.7. The van der Waals surface area contributed by atoms with Gasteiger partial charge < -0.3 is 10.4 Å². The Morgan fingerprint density at radius 2 is 2.00 bits per heavy atom. The van der Waals surface area contributed by atoms with Gasteiger partial charge in [0.15, 0.2) is 0 Å². The second-order valence-corrected chi connectivity index (χ2v) is 5.80. The average Bonchev–Trinajstić information content (AvgIpc) is 2.27. The molecule has 16 heavy (non-hydrogen) atoms. The summed E-state index contributed by atoms with van der Waals surface area (Å²) in [6, 6.07) is 8.48. The summed E-state index contributed by atoms with van der Waals surface area (Å²) >= 11 is 3.55. The smallest absolute Gasteiger partial charge is 0.0494 e. The number of nitrogens with one attached hydrogen (secondary N) is 1. The third-order valence-electron chi connectivity index (χ3n) is 2.69. The second-order valence-electron chi connectivity index (χ2n) is 4.95. The van der Waals surface area contributed by atoms with Crippen molar-refractivity contribution < 1.29 is 5.11 Å². The summed E-state index contributed by atoms with van der Waals surface area (Å²) in [6.45, 7) is 7.22. The lowest BCUT2D eigenvalue weighted by atomic mass is 9.94. The first-order chi connectivity index (χ1) is 7.46. The Balaban J connectivity index is 2.60. The van der Waals surface area contributed by atoms with Gasteiger partial charge in [0.25, 0.3) is 0 Å². The van der Waals surface area contributed by atoms with Crippen molar-refractivity contribution in [3.63, 3.8) is 0 Å². The molecule has 1 unspecified atom stereocenters. The molecule has 0 spiro atoms. The maximum absolute atomic E-state index is 9.18. The van der Waals surface area contributed by atoms with Crippen LogP contribution in [0.1, 0.15) is 32.4 Å². The summed E-state index contributed by atoms with van der Waals surface area (Å²) in [5.41, 5.74) is 1.17. The molecule has 2 nitrogen and oxygen atoms in total. The van der Waals surface area contributed by atoms with Crippen LogP contribution in [0, 0.1) is 5.41 Å². The van der Waals surface area contributed by atoms with Gasteiger partial charge in [-0.25, -0.2) is 0 Å². The van der Waals surface area contributed by atoms with Gasteiger partial charge in [0.1, 0.15) is 0 Å². The average molecular weight is 286 g/mol. The highest BCUT2D eigenvalue weighted by molar-refractivity contribution is 9.10. The van der Waals surface area contributed by atoms with Gasteiger partial charge in [0.05, 0.1) is 0 Å². The van der Waals surface area contributed by atoms with E-state index in [-0.39, 0.29) is 18.1 Å². The van der Waals surface area contributed by atoms with Crippen LogP contribution in [0.3, 0.4) is 0 Å². The number of benzene rings is 1. The summed E-state index contributed by atoms with van der Waals surface area (Å²) in [5, 5.41) is 12.6. The first-order valence-electron chi connectivity index (χ1n) is 5.55. The monoisotopic (exact) mass is 285 g/mol. The molecule has 0 saturated heterocycles. The number of aliphatic hydroxyl groups is 1. The van der Waals surface area contributed by atoms with Crippen molar-refractivity contribution in [1.29, 1.82) is 0 Å². The van der Waals surface area contributed by atoms with Gasteiger partial charge >= 0.3 is 0 Å². The van der Waals surface area contributed by atoms with Crippen molar-refractivity contribution in [3.8, 4) is 0 Å². The molecule has 0 radical (unpaired) electrons. The van der Waals surface area contributed by atoms with Crippen molar-refractivity contribution in [2.24, 2.45) is 5.41 Å². The van der Waals surface area contributed by atoms with Crippen LogP contribution in [0.4, 0.5) is 0 Å². The van der Waals surface area contributed by atoms with Crippen molar-refractivity contribution in [3.05, 3.63) is 34.3 Å². The van der Waals surface area contributed by atoms with Gasteiger partial charge in [0, 0.05) is 29.1 Å². The van der Waals surface area contributed by atoms with Crippen molar-refractivity contribution in [2.75, 3.05) is 13.2 Å². The molecule has 1 aromatic rings. The molecule has 0 aromatic heterocycles. The van der Waals surface area contributed by atoms with E-state index < -0.39 is 0 Å². The van der Waals surface area contributed by atoms with Crippen LogP contribution in [-0.4, -0.2) is 18.3 Å². The van der Waals surface area contributed by atoms with E-state index in [1.165, 1.54) is 5.56 Å². The zero-order valence-corrected chi connectivity index (χ0v) is 11.7. The second kappa shape index (κ2) is 5.80. The van der Waals surface area contributed by atoms with E-state index in [9.17, 15) is 5.11 Å². The predicted molar refractivity (Wildman–Crippen MR) is 71.4 cm³/mol. The molecule has 0 bridgehead atoms. The molecule has 1 rings (SSSR count). The fourth-order valence-electron chi connectivity index (χ4n) is 1.42. The van der Waals surface area contributed by atoms with E-state index in [0.29, 0.717) is 0 Å². The fourth-order valence-corrected chi connectivity index (χ4v) is 2.05. The maximum Gasteiger partial charge on any atom is 0.0494 e. The molecule has 90 valence electrons. The molecule has 0 fully saturated rings. The molecule has 0 aliphatic carbocycles. The third kappa shape index (κ3) is 3.89. The Morgan fingerprint density at radius 1 is 1.38 bits per heavy atom. The van der Waals surface area contributed by atoms with E-state index in [0.717, 1.165) is 11.0 Å². The summed E-state index contributed by atoms with van der Waals surface area (Å²) in [5.74, 6) is 0. The number of hydrogen-bond acceptors (Lipinski definition) is 2. The Morgan fingerprint density at radius 3 is 2.56 bits per heavy atom. The topological polar surface area (TPSA) is 32.3 Å². The van der Waals surface area contributed by atoms with Crippen molar-refractivity contribution >= 4 is 15.9 Å². The van der Waals surface area contributed by atoms with Gasteiger partial charge in [-0.05, 0) is 18.6 Å². The molecule has 0 aliphatic heterocycles. The molecule has 0 aliphatic rings. The fraction of sp³-hybridized carbons (Fsp3) is 0.538. The van der Waals surface area contributed by atoms with Crippen LogP contribution in [-0.2, 0) is 0 Å². The minimum absolute atomic E-state index is 0.0739. The number of rotatable bonds is 5. The summed E-state index contributed by atoms with van der Waals surface area (Å²) in [4.78, 5) is 0. The van der Waals surface area contributed by atoms with Gasteiger partial charge in [-0.15, -0.1) is 0 Å². The van der Waals surface area contributed by atoms with Gasteiger partial charge in [-0.2, -0.15) is 0 Å². The molecule has 3 heteroatoms. The van der Waals surface area contributed by atoms with E-state index in [1.807, 2.05) is 32.0 Å². The molecule has 1 atom stereocenters. The molecule has 0 saturated carbocycles. The standard InChI is InChI=1S/C13H20BrNO/c1-10(15-8-13(2,3)9-16)11-6-4-5-7-12(11)14/h4-7,10,15-16H,8-9H2,1-3H3. The zero-order valence-electron chi connectivity index (χ0n) is 10.1. The van der Waals surface area contributed by atoms with E-state index in [4.69, 9.17) is 0 Å². The summed E-state index contributed by atoms with van der Waals surface area (Å²) < 4.78 is 1.12. The highest BCUT2D eigenvalue weighted by atomic mass is 79.9. The van der Waals surface area contributed by atoms with Gasteiger partial charge in [-0.3, -0.25) is 0 Å². The normalized spacial score (nSPS) is 13.8. The van der Waals surface area contributed by atoms with Gasteiger partial charge in [0.2, 0.25) is 0 Å². The Kier molecular flexibility index (Phi) is 4.96. The molecule has 0 amide bonds. The van der Waals surface area contributed by atoms with E-state index in [1.54, 1.807) is 0 Å². The van der Waals surface area contributed by atoms with Crippen molar-refractivity contribution in [1.82, 2.24) is 5.32 Å². The van der Waals surface area contributed by atoms with E-state index in [2.05, 4.69) is 34.2 Å². The van der Waals surface area contributed by atoms with Crippen LogP contribution in [0.5, 0.6) is 0 Å². The summed E-state index contributed by atoms with van der Waals surface area (Å²) in [6.07, 6.45) is 0. The number of aliphatic hydroxyl groups excluding tert-OH is 1. The largest absolute Gasteiger partial charge is 0.396 e. The lowest BCUT2D eigenvalue weighted by molar-refractivity contribution is 0.154. The van der Waals surface area contributed by atoms with Gasteiger partial charge in [-0.1, -0.05) is 48.0 Å². The minimum atomic E-state index is -0.0739. The zero-order chi connectivity index (χ0) is 12.2. The number of hydrogen-bond donors (Lipinski definition) is 2. The first-order valence-corrected chi connectivity index (χ1v) is 6.34. The van der Waals surface area contributed by atoms with E-state index >= 15 is 0 Å². The molecular formula is C13H20BrNO. The lowest BCUT2D eigenvalue weighted by Crippen LogP contribution is -2.33. The van der Waals surface area contributed by atoms with Crippen LogP contribution in [0.15, 0.2) is 28.7 Å². The SMILES string of the molecule is CC(NCC(C)(C)CO)c1ccccc1Br. The van der Waals surface area contributed by atoms with Crippen LogP contribution in [0.25, 0.3) is 0 Å². The Hall–Kier alpha value is -0.380. The molecule has 2 N–H and O–H groups in total. The highest BCUT2D eigenvalue weighted by Gasteiger charge is 2.18. The van der Waals surface area contributed by atoms with Crippen LogP contribution >= 0.6 is 15.9 Å².